The van der Waals surface area contributed by atoms with Crippen molar-refractivity contribution in [3.63, 3.8) is 0 Å². The van der Waals surface area contributed by atoms with E-state index in [-0.39, 0.29) is 30.1 Å². The Balaban J connectivity index is 0.00000264. The Morgan fingerprint density at radius 3 is 2.61 bits per heavy atom. The van der Waals surface area contributed by atoms with E-state index < -0.39 is 0 Å². The van der Waals surface area contributed by atoms with E-state index in [2.05, 4.69) is 29.8 Å². The van der Waals surface area contributed by atoms with Gasteiger partial charge in [0.05, 0.1) is 0 Å². The summed E-state index contributed by atoms with van der Waals surface area (Å²) in [4.78, 5) is 24.0. The first-order valence-electron chi connectivity index (χ1n) is 8.01. The Bertz CT molecular complexity index is 536. The minimum atomic E-state index is -0.116. The summed E-state index contributed by atoms with van der Waals surface area (Å²) < 4.78 is 0. The van der Waals surface area contributed by atoms with Gasteiger partial charge in [-0.2, -0.15) is 0 Å². The highest BCUT2D eigenvalue weighted by Crippen LogP contribution is 2.38. The number of anilines is 1. The van der Waals surface area contributed by atoms with E-state index in [0.717, 1.165) is 25.9 Å². The van der Waals surface area contributed by atoms with Gasteiger partial charge in [0.25, 0.3) is 5.91 Å². The average Bonchev–Trinajstić information content (AvgIpc) is 3.24. The predicted octanol–water partition coefficient (Wildman–Crippen LogP) is 2.43. The van der Waals surface area contributed by atoms with Crippen molar-refractivity contribution < 1.29 is 9.59 Å². The maximum absolute atomic E-state index is 12.1. The minimum Gasteiger partial charge on any atom is -0.351 e. The smallest absolute Gasteiger partial charge is 0.251 e. The van der Waals surface area contributed by atoms with Crippen molar-refractivity contribution in [1.82, 2.24) is 10.6 Å². The van der Waals surface area contributed by atoms with Crippen LogP contribution < -0.4 is 16.0 Å². The Morgan fingerprint density at radius 2 is 1.96 bits per heavy atom. The fourth-order valence-corrected chi connectivity index (χ4v) is 2.33. The first kappa shape index (κ1) is 19.5. The molecule has 1 aromatic rings. The second-order valence-electron chi connectivity index (χ2n) is 5.90. The van der Waals surface area contributed by atoms with E-state index in [1.807, 2.05) is 6.07 Å². The molecular weight excluding hydrogens is 314 g/mol. The number of hydrogen-bond donors (Lipinski definition) is 3. The molecule has 1 aliphatic carbocycles. The molecular formula is C17H26ClN3O2. The zero-order valence-corrected chi connectivity index (χ0v) is 14.5. The van der Waals surface area contributed by atoms with Crippen LogP contribution in [0.4, 0.5) is 5.69 Å². The summed E-state index contributed by atoms with van der Waals surface area (Å²) in [7, 11) is 0. The molecule has 1 fully saturated rings. The first-order chi connectivity index (χ1) is 10.6. The Hall–Kier alpha value is -1.59. The molecule has 0 radical (unpaired) electrons. The Kier molecular flexibility index (Phi) is 8.06. The van der Waals surface area contributed by atoms with Crippen molar-refractivity contribution in [2.24, 2.45) is 11.8 Å². The average molecular weight is 340 g/mol. The van der Waals surface area contributed by atoms with Crippen LogP contribution in [-0.2, 0) is 4.79 Å². The molecule has 0 spiro atoms. The van der Waals surface area contributed by atoms with Gasteiger partial charge in [-0.05, 0) is 43.5 Å². The van der Waals surface area contributed by atoms with Gasteiger partial charge in [0, 0.05) is 30.3 Å². The van der Waals surface area contributed by atoms with Gasteiger partial charge in [0.15, 0.2) is 0 Å². The van der Waals surface area contributed by atoms with Crippen molar-refractivity contribution in [2.45, 2.75) is 26.7 Å². The second-order valence-corrected chi connectivity index (χ2v) is 5.90. The molecule has 2 rings (SSSR count). The lowest BCUT2D eigenvalue weighted by Crippen LogP contribution is -2.32. The fraction of sp³-hybridized carbons (Fsp3) is 0.529. The third-order valence-corrected chi connectivity index (χ3v) is 3.85. The van der Waals surface area contributed by atoms with Gasteiger partial charge in [0.1, 0.15) is 0 Å². The van der Waals surface area contributed by atoms with Crippen LogP contribution in [0.25, 0.3) is 0 Å². The quantitative estimate of drug-likeness (QED) is 0.637. The van der Waals surface area contributed by atoms with Crippen molar-refractivity contribution >= 4 is 29.9 Å². The zero-order valence-electron chi connectivity index (χ0n) is 13.7. The van der Waals surface area contributed by atoms with E-state index in [9.17, 15) is 9.59 Å². The minimum absolute atomic E-state index is 0. The molecule has 128 valence electrons. The van der Waals surface area contributed by atoms with Crippen LogP contribution in [0.15, 0.2) is 24.3 Å². The van der Waals surface area contributed by atoms with Gasteiger partial charge in [-0.25, -0.2) is 0 Å². The third kappa shape index (κ3) is 6.20. The molecule has 2 unspecified atom stereocenters. The maximum atomic E-state index is 12.1. The number of halogens is 1. The van der Waals surface area contributed by atoms with Crippen LogP contribution in [0, 0.1) is 11.8 Å². The molecule has 0 bridgehead atoms. The van der Waals surface area contributed by atoms with Crippen LogP contribution in [0.2, 0.25) is 0 Å². The van der Waals surface area contributed by atoms with E-state index in [0.29, 0.717) is 23.7 Å². The maximum Gasteiger partial charge on any atom is 0.251 e. The summed E-state index contributed by atoms with van der Waals surface area (Å²) in [5.41, 5.74) is 1.25. The molecule has 6 heteroatoms. The molecule has 1 saturated carbocycles. The zero-order chi connectivity index (χ0) is 15.9. The summed E-state index contributed by atoms with van der Waals surface area (Å²) >= 11 is 0. The summed E-state index contributed by atoms with van der Waals surface area (Å²) in [5, 5.41) is 8.98. The molecule has 2 amide bonds. The standard InChI is InChI=1S/C17H25N3O2.ClH/c1-3-7-18-8-9-19-16(21)13-5-4-6-14(11-13)20-17(22)15-10-12(15)2;/h4-6,11-12,15,18H,3,7-10H2,1-2H3,(H,19,21)(H,20,22);1H. The van der Waals surface area contributed by atoms with Crippen molar-refractivity contribution in [3.8, 4) is 0 Å². The fourth-order valence-electron chi connectivity index (χ4n) is 2.33. The van der Waals surface area contributed by atoms with E-state index in [4.69, 9.17) is 0 Å². The van der Waals surface area contributed by atoms with Crippen molar-refractivity contribution in [3.05, 3.63) is 29.8 Å². The highest BCUT2D eigenvalue weighted by Gasteiger charge is 2.39. The van der Waals surface area contributed by atoms with Gasteiger partial charge in [-0.1, -0.05) is 19.9 Å². The molecule has 0 aliphatic heterocycles. The summed E-state index contributed by atoms with van der Waals surface area (Å²) in [6, 6.07) is 7.07. The van der Waals surface area contributed by atoms with E-state index in [1.54, 1.807) is 18.2 Å². The molecule has 23 heavy (non-hydrogen) atoms. The monoisotopic (exact) mass is 339 g/mol. The van der Waals surface area contributed by atoms with Gasteiger partial charge in [-0.15, -0.1) is 12.4 Å². The van der Waals surface area contributed by atoms with Gasteiger partial charge < -0.3 is 16.0 Å². The Morgan fingerprint density at radius 1 is 1.22 bits per heavy atom. The number of carbonyl (C=O) groups is 2. The summed E-state index contributed by atoms with van der Waals surface area (Å²) in [6.45, 7) is 6.48. The SMILES string of the molecule is CCCNCCNC(=O)c1cccc(NC(=O)C2CC2C)c1.Cl. The topological polar surface area (TPSA) is 70.2 Å². The molecule has 3 N–H and O–H groups in total. The molecule has 0 aromatic heterocycles. The number of carbonyl (C=O) groups excluding carboxylic acids is 2. The van der Waals surface area contributed by atoms with Gasteiger partial charge in [0.2, 0.25) is 5.91 Å². The largest absolute Gasteiger partial charge is 0.351 e. The van der Waals surface area contributed by atoms with Crippen LogP contribution >= 0.6 is 12.4 Å². The summed E-state index contributed by atoms with van der Waals surface area (Å²) in [5.74, 6) is 0.534. The Labute approximate surface area is 144 Å². The summed E-state index contributed by atoms with van der Waals surface area (Å²) in [6.07, 6.45) is 2.03. The lowest BCUT2D eigenvalue weighted by atomic mass is 10.2. The number of nitrogens with one attached hydrogen (secondary N) is 3. The van der Waals surface area contributed by atoms with Crippen molar-refractivity contribution in [1.29, 1.82) is 0 Å². The first-order valence-corrected chi connectivity index (χ1v) is 8.01. The molecule has 2 atom stereocenters. The lowest BCUT2D eigenvalue weighted by molar-refractivity contribution is -0.117. The van der Waals surface area contributed by atoms with E-state index in [1.165, 1.54) is 0 Å². The molecule has 0 saturated heterocycles. The number of rotatable bonds is 8. The third-order valence-electron chi connectivity index (χ3n) is 3.85. The molecule has 0 heterocycles. The molecule has 5 nitrogen and oxygen atoms in total. The predicted molar refractivity (Wildman–Crippen MR) is 95.1 cm³/mol. The van der Waals surface area contributed by atoms with Gasteiger partial charge >= 0.3 is 0 Å². The number of hydrogen-bond acceptors (Lipinski definition) is 3. The van der Waals surface area contributed by atoms with Crippen LogP contribution in [-0.4, -0.2) is 31.4 Å². The number of benzene rings is 1. The molecule has 1 aromatic carbocycles. The molecule has 1 aliphatic rings. The highest BCUT2D eigenvalue weighted by atomic mass is 35.5. The van der Waals surface area contributed by atoms with Crippen LogP contribution in [0.1, 0.15) is 37.0 Å². The highest BCUT2D eigenvalue weighted by molar-refractivity contribution is 5.98. The van der Waals surface area contributed by atoms with E-state index >= 15 is 0 Å². The van der Waals surface area contributed by atoms with Crippen LogP contribution in [0.3, 0.4) is 0 Å². The lowest BCUT2D eigenvalue weighted by Gasteiger charge is -2.08. The number of amides is 2. The second kappa shape index (κ2) is 9.53. The normalized spacial score (nSPS) is 18.7. The van der Waals surface area contributed by atoms with Crippen LogP contribution in [0.5, 0.6) is 0 Å². The van der Waals surface area contributed by atoms with Crippen molar-refractivity contribution in [2.75, 3.05) is 25.0 Å². The van der Waals surface area contributed by atoms with Gasteiger partial charge in [-0.3, -0.25) is 9.59 Å².